The van der Waals surface area contributed by atoms with Crippen LogP contribution in [0, 0.1) is 0 Å². The maximum absolute atomic E-state index is 4.72. The van der Waals surface area contributed by atoms with Gasteiger partial charge in [0.05, 0.1) is 6.33 Å². The summed E-state index contributed by atoms with van der Waals surface area (Å²) in [5, 5.41) is 7.54. The van der Waals surface area contributed by atoms with Crippen LogP contribution in [0.4, 0.5) is 0 Å². The number of aromatic amines is 2. The van der Waals surface area contributed by atoms with Crippen LogP contribution in [0.15, 0.2) is 42.9 Å². The number of H-pyrrole nitrogens is 2. The van der Waals surface area contributed by atoms with Gasteiger partial charge in [-0.2, -0.15) is 5.10 Å². The number of hydrogen-bond donors (Lipinski definition) is 2. The summed E-state index contributed by atoms with van der Waals surface area (Å²) in [5.41, 5.74) is 2.22. The molecule has 4 rings (SSSR count). The molecule has 0 spiro atoms. The van der Waals surface area contributed by atoms with Gasteiger partial charge in [0.1, 0.15) is 5.82 Å². The number of imidazole rings is 1. The van der Waals surface area contributed by atoms with Crippen LogP contribution in [0.2, 0.25) is 0 Å². The van der Waals surface area contributed by atoms with Gasteiger partial charge in [0.25, 0.3) is 0 Å². The van der Waals surface area contributed by atoms with Crippen LogP contribution in [-0.2, 0) is 6.54 Å². The van der Waals surface area contributed by atoms with Gasteiger partial charge >= 0.3 is 0 Å². The third-order valence-electron chi connectivity index (χ3n) is 4.38. The van der Waals surface area contributed by atoms with E-state index in [2.05, 4.69) is 25.1 Å². The van der Waals surface area contributed by atoms with Gasteiger partial charge in [-0.3, -0.25) is 10.00 Å². The lowest BCUT2D eigenvalue weighted by Crippen LogP contribution is -2.34. The maximum atomic E-state index is 4.72. The molecule has 0 aliphatic carbocycles. The molecule has 3 aromatic rings. The first-order valence-electron chi connectivity index (χ1n) is 8.06. The van der Waals surface area contributed by atoms with E-state index in [1.807, 2.05) is 36.5 Å². The number of benzene rings is 1. The molecule has 1 fully saturated rings. The Hall–Kier alpha value is -2.47. The molecule has 2 aromatic heterocycles. The largest absolute Gasteiger partial charge is 0.347 e. The number of piperidine rings is 1. The zero-order valence-electron chi connectivity index (χ0n) is 12.9. The summed E-state index contributed by atoms with van der Waals surface area (Å²) in [6, 6.07) is 10.1. The van der Waals surface area contributed by atoms with E-state index in [9.17, 15) is 0 Å². The van der Waals surface area contributed by atoms with Gasteiger partial charge in [0.15, 0.2) is 5.82 Å². The van der Waals surface area contributed by atoms with Crippen LogP contribution in [0.3, 0.4) is 0 Å². The molecule has 2 N–H and O–H groups in total. The molecule has 0 unspecified atom stereocenters. The molecule has 0 saturated carbocycles. The maximum Gasteiger partial charge on any atom is 0.181 e. The van der Waals surface area contributed by atoms with E-state index in [4.69, 9.17) is 4.98 Å². The van der Waals surface area contributed by atoms with Gasteiger partial charge < -0.3 is 4.98 Å². The quantitative estimate of drug-likeness (QED) is 0.777. The standard InChI is InChI=1S/C17H20N6/c1-2-5-13(6-3-1)16-20-17(22-21-16)14-7-4-8-23(10-14)11-15-9-18-12-19-15/h1-3,5-6,9,12,14H,4,7-8,10-11H2,(H,18,19)(H,20,21,22)/t14-/m1/s1. The monoisotopic (exact) mass is 308 g/mol. The number of likely N-dealkylation sites (tertiary alicyclic amines) is 1. The van der Waals surface area contributed by atoms with Crippen molar-refractivity contribution in [2.24, 2.45) is 0 Å². The van der Waals surface area contributed by atoms with Crippen LogP contribution in [0.25, 0.3) is 11.4 Å². The average molecular weight is 308 g/mol. The summed E-state index contributed by atoms with van der Waals surface area (Å²) in [6.45, 7) is 3.04. The Balaban J connectivity index is 1.46. The van der Waals surface area contributed by atoms with E-state index in [0.717, 1.165) is 49.0 Å². The summed E-state index contributed by atoms with van der Waals surface area (Å²) in [5.74, 6) is 2.20. The summed E-state index contributed by atoms with van der Waals surface area (Å²) < 4.78 is 0. The Bertz CT molecular complexity index is 734. The Morgan fingerprint density at radius 1 is 1.22 bits per heavy atom. The van der Waals surface area contributed by atoms with Crippen molar-refractivity contribution in [3.63, 3.8) is 0 Å². The number of nitrogens with zero attached hydrogens (tertiary/aromatic N) is 4. The van der Waals surface area contributed by atoms with Crippen molar-refractivity contribution in [2.75, 3.05) is 13.1 Å². The van der Waals surface area contributed by atoms with Crippen molar-refractivity contribution in [1.29, 1.82) is 0 Å². The normalized spacial score (nSPS) is 19.0. The van der Waals surface area contributed by atoms with E-state index in [0.29, 0.717) is 5.92 Å². The fraction of sp³-hybridized carbons (Fsp3) is 0.353. The minimum absolute atomic E-state index is 0.414. The van der Waals surface area contributed by atoms with Gasteiger partial charge in [-0.1, -0.05) is 30.3 Å². The van der Waals surface area contributed by atoms with Gasteiger partial charge in [-0.05, 0) is 19.4 Å². The molecule has 0 radical (unpaired) electrons. The van der Waals surface area contributed by atoms with E-state index in [-0.39, 0.29) is 0 Å². The second-order valence-corrected chi connectivity index (χ2v) is 6.06. The number of nitrogens with one attached hydrogen (secondary N) is 2. The fourth-order valence-corrected chi connectivity index (χ4v) is 3.21. The van der Waals surface area contributed by atoms with Crippen LogP contribution in [-0.4, -0.2) is 43.1 Å². The topological polar surface area (TPSA) is 73.5 Å². The van der Waals surface area contributed by atoms with Crippen molar-refractivity contribution in [2.45, 2.75) is 25.3 Å². The fourth-order valence-electron chi connectivity index (χ4n) is 3.21. The van der Waals surface area contributed by atoms with Gasteiger partial charge in [-0.25, -0.2) is 9.97 Å². The Morgan fingerprint density at radius 3 is 2.96 bits per heavy atom. The molecule has 1 aliphatic heterocycles. The number of aromatic nitrogens is 5. The van der Waals surface area contributed by atoms with Crippen molar-refractivity contribution in [3.8, 4) is 11.4 Å². The van der Waals surface area contributed by atoms with Crippen molar-refractivity contribution in [3.05, 3.63) is 54.4 Å². The van der Waals surface area contributed by atoms with E-state index in [1.165, 1.54) is 6.42 Å². The summed E-state index contributed by atoms with van der Waals surface area (Å²) >= 11 is 0. The lowest BCUT2D eigenvalue weighted by Gasteiger charge is -2.31. The second kappa shape index (κ2) is 6.34. The lowest BCUT2D eigenvalue weighted by atomic mass is 9.97. The Labute approximate surface area is 135 Å². The first kappa shape index (κ1) is 14.1. The first-order valence-corrected chi connectivity index (χ1v) is 8.06. The number of rotatable bonds is 4. The molecular formula is C17H20N6. The molecule has 23 heavy (non-hydrogen) atoms. The second-order valence-electron chi connectivity index (χ2n) is 6.06. The number of hydrogen-bond acceptors (Lipinski definition) is 4. The summed E-state index contributed by atoms with van der Waals surface area (Å²) in [4.78, 5) is 14.4. The van der Waals surface area contributed by atoms with Gasteiger partial charge in [0, 0.05) is 36.5 Å². The molecule has 118 valence electrons. The minimum atomic E-state index is 0.414. The zero-order chi connectivity index (χ0) is 15.5. The average Bonchev–Trinajstić information content (AvgIpc) is 3.28. The van der Waals surface area contributed by atoms with Gasteiger partial charge in [-0.15, -0.1) is 0 Å². The minimum Gasteiger partial charge on any atom is -0.347 e. The molecule has 6 heteroatoms. The molecular weight excluding hydrogens is 288 g/mol. The molecule has 0 bridgehead atoms. The highest BCUT2D eigenvalue weighted by Gasteiger charge is 2.24. The van der Waals surface area contributed by atoms with Crippen molar-refractivity contribution >= 4 is 0 Å². The highest BCUT2D eigenvalue weighted by atomic mass is 15.2. The third-order valence-corrected chi connectivity index (χ3v) is 4.38. The van der Waals surface area contributed by atoms with Crippen molar-refractivity contribution < 1.29 is 0 Å². The molecule has 1 aliphatic rings. The van der Waals surface area contributed by atoms with Crippen LogP contribution < -0.4 is 0 Å². The molecule has 1 atom stereocenters. The van der Waals surface area contributed by atoms with E-state index >= 15 is 0 Å². The summed E-state index contributed by atoms with van der Waals surface area (Å²) in [6.07, 6.45) is 5.97. The smallest absolute Gasteiger partial charge is 0.181 e. The molecule has 1 aromatic carbocycles. The predicted octanol–water partition coefficient (Wildman–Crippen LogP) is 2.57. The van der Waals surface area contributed by atoms with Crippen LogP contribution in [0.5, 0.6) is 0 Å². The Kier molecular flexibility index (Phi) is 3.90. The molecule has 6 nitrogen and oxygen atoms in total. The predicted molar refractivity (Wildman–Crippen MR) is 87.7 cm³/mol. The molecule has 0 amide bonds. The Morgan fingerprint density at radius 2 is 2.13 bits per heavy atom. The zero-order valence-corrected chi connectivity index (χ0v) is 12.9. The molecule has 1 saturated heterocycles. The third kappa shape index (κ3) is 3.17. The lowest BCUT2D eigenvalue weighted by molar-refractivity contribution is 0.195. The van der Waals surface area contributed by atoms with Gasteiger partial charge in [0.2, 0.25) is 0 Å². The van der Waals surface area contributed by atoms with E-state index < -0.39 is 0 Å². The first-order chi connectivity index (χ1) is 11.4. The van der Waals surface area contributed by atoms with Crippen molar-refractivity contribution in [1.82, 2.24) is 30.0 Å². The molecule has 3 heterocycles. The highest BCUT2D eigenvalue weighted by molar-refractivity contribution is 5.53. The SMILES string of the molecule is c1ccc(-c2n[nH]c([C@@H]3CCCN(Cc4cnc[nH]4)C3)n2)cc1. The van der Waals surface area contributed by atoms with Crippen LogP contribution >= 0.6 is 0 Å². The van der Waals surface area contributed by atoms with E-state index in [1.54, 1.807) is 6.33 Å². The highest BCUT2D eigenvalue weighted by Crippen LogP contribution is 2.26. The van der Waals surface area contributed by atoms with Crippen LogP contribution in [0.1, 0.15) is 30.3 Å². The summed E-state index contributed by atoms with van der Waals surface area (Å²) in [7, 11) is 0.